The lowest BCUT2D eigenvalue weighted by atomic mass is 10.1. The number of carbonyl (C=O) groups excluding carboxylic acids is 1. The van der Waals surface area contributed by atoms with Crippen LogP contribution in [0.4, 0.5) is 8.78 Å². The second kappa shape index (κ2) is 6.81. The van der Waals surface area contributed by atoms with E-state index in [1.54, 1.807) is 22.6 Å². The van der Waals surface area contributed by atoms with Crippen molar-refractivity contribution in [1.29, 1.82) is 0 Å². The summed E-state index contributed by atoms with van der Waals surface area (Å²) < 4.78 is 27.8. The summed E-state index contributed by atoms with van der Waals surface area (Å²) in [5, 5.41) is 3.13. The predicted octanol–water partition coefficient (Wildman–Crippen LogP) is 2.43. The highest BCUT2D eigenvalue weighted by Crippen LogP contribution is 2.21. The summed E-state index contributed by atoms with van der Waals surface area (Å²) in [5.41, 5.74) is -0.448. The van der Waals surface area contributed by atoms with Crippen molar-refractivity contribution in [2.45, 2.75) is 13.0 Å². The van der Waals surface area contributed by atoms with Crippen LogP contribution in [0.2, 0.25) is 0 Å². The zero-order valence-corrected chi connectivity index (χ0v) is 13.2. The van der Waals surface area contributed by atoms with Gasteiger partial charge < -0.3 is 10.2 Å². The van der Waals surface area contributed by atoms with E-state index in [2.05, 4.69) is 5.32 Å². The van der Waals surface area contributed by atoms with Gasteiger partial charge in [0.2, 0.25) is 0 Å². The molecule has 0 spiro atoms. The van der Waals surface area contributed by atoms with Crippen LogP contribution in [0.15, 0.2) is 12.1 Å². The van der Waals surface area contributed by atoms with Crippen molar-refractivity contribution in [3.63, 3.8) is 0 Å². The molecule has 2 rings (SSSR count). The topological polar surface area (TPSA) is 32.3 Å². The maximum absolute atomic E-state index is 13.9. The minimum atomic E-state index is -0.802. The molecule has 0 bridgehead atoms. The van der Waals surface area contributed by atoms with Gasteiger partial charge in [0.1, 0.15) is 11.4 Å². The Balaban J connectivity index is 0.00000180. The summed E-state index contributed by atoms with van der Waals surface area (Å²) >= 11 is 1.75. The van der Waals surface area contributed by atoms with E-state index in [0.29, 0.717) is 19.6 Å². The van der Waals surface area contributed by atoms with Crippen molar-refractivity contribution in [2.75, 3.05) is 19.6 Å². The summed E-state index contributed by atoms with van der Waals surface area (Å²) in [7, 11) is 0. The van der Waals surface area contributed by atoms with Crippen molar-refractivity contribution in [2.24, 2.45) is 0 Å². The van der Waals surface area contributed by atoms with Crippen LogP contribution in [-0.4, -0.2) is 36.5 Å². The molecule has 1 amide bonds. The molecule has 1 heterocycles. The van der Waals surface area contributed by atoms with Crippen LogP contribution in [0.25, 0.3) is 0 Å². The number of hydrogen-bond donors (Lipinski definition) is 1. The van der Waals surface area contributed by atoms with Crippen LogP contribution in [-0.2, 0) is 0 Å². The number of rotatable bonds is 1. The lowest BCUT2D eigenvalue weighted by molar-refractivity contribution is 0.0645. The second-order valence-electron chi connectivity index (χ2n) is 4.27. The average Bonchev–Trinajstić information content (AvgIpc) is 2.35. The Morgan fingerprint density at radius 3 is 2.79 bits per heavy atom. The maximum Gasteiger partial charge on any atom is 0.260 e. The predicted molar refractivity (Wildman–Crippen MR) is 79.7 cm³/mol. The molecular formula is C12H14ClF2IN2O. The van der Waals surface area contributed by atoms with Gasteiger partial charge in [0.05, 0.1) is 0 Å². The van der Waals surface area contributed by atoms with Crippen LogP contribution in [0.3, 0.4) is 0 Å². The molecule has 1 aliphatic heterocycles. The van der Waals surface area contributed by atoms with Gasteiger partial charge in [0.15, 0.2) is 5.82 Å². The molecule has 19 heavy (non-hydrogen) atoms. The molecule has 1 aliphatic rings. The second-order valence-corrected chi connectivity index (χ2v) is 5.43. The molecular weight excluding hydrogens is 388 g/mol. The summed E-state index contributed by atoms with van der Waals surface area (Å²) in [5.74, 6) is -2.15. The molecule has 1 aromatic rings. The molecule has 0 radical (unpaired) electrons. The highest BCUT2D eigenvalue weighted by Gasteiger charge is 2.29. The Kier molecular flexibility index (Phi) is 5.94. The zero-order valence-electron chi connectivity index (χ0n) is 10.3. The third kappa shape index (κ3) is 3.35. The molecule has 0 aliphatic carbocycles. The van der Waals surface area contributed by atoms with Crippen LogP contribution in [0, 0.1) is 15.2 Å². The van der Waals surface area contributed by atoms with Crippen molar-refractivity contribution in [1.82, 2.24) is 10.2 Å². The monoisotopic (exact) mass is 402 g/mol. The first-order chi connectivity index (χ1) is 8.52. The molecule has 1 fully saturated rings. The lowest BCUT2D eigenvalue weighted by Gasteiger charge is -2.34. The van der Waals surface area contributed by atoms with Gasteiger partial charge in [0.25, 0.3) is 5.91 Å². The first kappa shape index (κ1) is 16.6. The Hall–Kier alpha value is -0.470. The van der Waals surface area contributed by atoms with Crippen molar-refractivity contribution >= 4 is 40.9 Å². The highest BCUT2D eigenvalue weighted by atomic mass is 127. The van der Waals surface area contributed by atoms with E-state index in [0.717, 1.165) is 6.07 Å². The molecule has 0 unspecified atom stereocenters. The van der Waals surface area contributed by atoms with Gasteiger partial charge in [-0.3, -0.25) is 4.79 Å². The van der Waals surface area contributed by atoms with Crippen LogP contribution >= 0.6 is 35.0 Å². The van der Waals surface area contributed by atoms with Gasteiger partial charge in [0, 0.05) is 29.2 Å². The molecule has 1 saturated heterocycles. The minimum Gasteiger partial charge on any atom is -0.333 e. The van der Waals surface area contributed by atoms with E-state index >= 15 is 0 Å². The van der Waals surface area contributed by atoms with E-state index < -0.39 is 23.1 Å². The zero-order chi connectivity index (χ0) is 13.3. The first-order valence-electron chi connectivity index (χ1n) is 5.67. The fourth-order valence-electron chi connectivity index (χ4n) is 2.01. The third-order valence-corrected chi connectivity index (χ3v) is 3.85. The van der Waals surface area contributed by atoms with E-state index in [1.165, 1.54) is 11.0 Å². The molecule has 0 saturated carbocycles. The molecule has 0 aromatic heterocycles. The molecule has 1 atom stereocenters. The summed E-state index contributed by atoms with van der Waals surface area (Å²) in [6.45, 7) is 3.60. The van der Waals surface area contributed by atoms with E-state index in [1.807, 2.05) is 6.92 Å². The highest BCUT2D eigenvalue weighted by molar-refractivity contribution is 14.1. The van der Waals surface area contributed by atoms with Crippen molar-refractivity contribution in [3.05, 3.63) is 32.9 Å². The van der Waals surface area contributed by atoms with Crippen LogP contribution in [0.1, 0.15) is 17.3 Å². The average molecular weight is 403 g/mol. The third-order valence-electron chi connectivity index (χ3n) is 3.02. The summed E-state index contributed by atoms with van der Waals surface area (Å²) in [6.07, 6.45) is 0. The number of piperazine rings is 1. The fourth-order valence-corrected chi connectivity index (χ4v) is 2.46. The number of hydrogen-bond acceptors (Lipinski definition) is 2. The Morgan fingerprint density at radius 1 is 1.47 bits per heavy atom. The number of nitrogens with one attached hydrogen (secondary N) is 1. The SMILES string of the molecule is C[C@@H]1CNCCN1C(=O)c1c(F)ccc(I)c1F.Cl. The van der Waals surface area contributed by atoms with E-state index in [-0.39, 0.29) is 22.0 Å². The van der Waals surface area contributed by atoms with Gasteiger partial charge in [-0.15, -0.1) is 12.4 Å². The van der Waals surface area contributed by atoms with Gasteiger partial charge in [-0.05, 0) is 41.6 Å². The summed E-state index contributed by atoms with van der Waals surface area (Å²) in [4.78, 5) is 13.7. The van der Waals surface area contributed by atoms with Gasteiger partial charge >= 0.3 is 0 Å². The maximum atomic E-state index is 13.9. The first-order valence-corrected chi connectivity index (χ1v) is 6.75. The van der Waals surface area contributed by atoms with Gasteiger partial charge in [-0.2, -0.15) is 0 Å². The Morgan fingerprint density at radius 2 is 2.16 bits per heavy atom. The van der Waals surface area contributed by atoms with E-state index in [4.69, 9.17) is 0 Å². The van der Waals surface area contributed by atoms with E-state index in [9.17, 15) is 13.6 Å². The van der Waals surface area contributed by atoms with Gasteiger partial charge in [-0.1, -0.05) is 0 Å². The molecule has 106 valence electrons. The number of halogens is 4. The number of benzene rings is 1. The summed E-state index contributed by atoms with van der Waals surface area (Å²) in [6, 6.07) is 2.39. The Bertz CT molecular complexity index is 487. The molecule has 3 nitrogen and oxygen atoms in total. The van der Waals surface area contributed by atoms with Crippen LogP contribution < -0.4 is 5.32 Å². The van der Waals surface area contributed by atoms with Crippen LogP contribution in [0.5, 0.6) is 0 Å². The molecule has 1 N–H and O–H groups in total. The lowest BCUT2D eigenvalue weighted by Crippen LogP contribution is -2.52. The fraction of sp³-hybridized carbons (Fsp3) is 0.417. The molecule has 1 aromatic carbocycles. The Labute approximate surface area is 130 Å². The standard InChI is InChI=1S/C12H13F2IN2O.ClH/c1-7-6-16-4-5-17(7)12(18)10-8(13)2-3-9(15)11(10)14;/h2-3,7,16H,4-6H2,1H3;1H/t7-;/m1./s1. The number of amides is 1. The van der Waals surface area contributed by atoms with Crippen molar-refractivity contribution in [3.8, 4) is 0 Å². The smallest absolute Gasteiger partial charge is 0.260 e. The number of carbonyl (C=O) groups is 1. The largest absolute Gasteiger partial charge is 0.333 e. The number of nitrogens with zero attached hydrogens (tertiary/aromatic N) is 1. The molecule has 7 heteroatoms. The van der Waals surface area contributed by atoms with Crippen molar-refractivity contribution < 1.29 is 13.6 Å². The minimum absolute atomic E-state index is 0. The van der Waals surface area contributed by atoms with Gasteiger partial charge in [-0.25, -0.2) is 8.78 Å². The normalized spacial score (nSPS) is 18.9. The quantitative estimate of drug-likeness (QED) is 0.578.